The van der Waals surface area contributed by atoms with Gasteiger partial charge in [-0.3, -0.25) is 4.79 Å². The maximum atomic E-state index is 12.2. The zero-order valence-electron chi connectivity index (χ0n) is 13.8. The van der Waals surface area contributed by atoms with Crippen LogP contribution in [0.25, 0.3) is 16.3 Å². The molecule has 0 amide bonds. The zero-order chi connectivity index (χ0) is 16.7. The number of rotatable bonds is 5. The molecule has 0 saturated carbocycles. The molecule has 0 aliphatic carbocycles. The predicted octanol–water partition coefficient (Wildman–Crippen LogP) is 5.12. The van der Waals surface area contributed by atoms with Crippen LogP contribution in [0, 0.1) is 5.92 Å². The van der Waals surface area contributed by atoms with Crippen LogP contribution < -0.4 is 5.56 Å². The van der Waals surface area contributed by atoms with Crippen LogP contribution in [-0.4, -0.2) is 4.98 Å². The topological polar surface area (TPSA) is 32.9 Å². The average molecular weight is 295 g/mol. The second-order valence-electron chi connectivity index (χ2n) is 5.00. The van der Waals surface area contributed by atoms with Crippen LogP contribution in [0.2, 0.25) is 0 Å². The molecule has 2 heteroatoms. The van der Waals surface area contributed by atoms with Gasteiger partial charge in [0.05, 0.1) is 5.69 Å². The molecule has 0 saturated heterocycles. The van der Waals surface area contributed by atoms with E-state index in [-0.39, 0.29) is 5.56 Å². The molecule has 116 valence electrons. The Hall–Kier alpha value is -2.35. The summed E-state index contributed by atoms with van der Waals surface area (Å²) >= 11 is 0. The molecule has 1 N–H and O–H groups in total. The van der Waals surface area contributed by atoms with Crippen molar-refractivity contribution in [1.82, 2.24) is 4.98 Å². The summed E-state index contributed by atoms with van der Waals surface area (Å²) in [6, 6.07) is 7.65. The van der Waals surface area contributed by atoms with Crippen molar-refractivity contribution in [3.8, 4) is 0 Å². The van der Waals surface area contributed by atoms with Gasteiger partial charge in [-0.15, -0.1) is 6.58 Å². The SMILES string of the molecule is C=CC(=C)c1[nH]c(=O)c2ccccc2c1CC(C)C=C.CC. The molecule has 0 radical (unpaired) electrons. The summed E-state index contributed by atoms with van der Waals surface area (Å²) in [5.41, 5.74) is 2.52. The quantitative estimate of drug-likeness (QED) is 0.603. The second-order valence-corrected chi connectivity index (χ2v) is 5.00. The van der Waals surface area contributed by atoms with Crippen LogP contribution in [0.5, 0.6) is 0 Å². The Kier molecular flexibility index (Phi) is 6.58. The third kappa shape index (κ3) is 3.64. The summed E-state index contributed by atoms with van der Waals surface area (Å²) in [5, 5.41) is 1.68. The lowest BCUT2D eigenvalue weighted by Crippen LogP contribution is -2.13. The number of aromatic nitrogens is 1. The summed E-state index contributed by atoms with van der Waals surface area (Å²) in [6.45, 7) is 17.7. The van der Waals surface area contributed by atoms with Gasteiger partial charge < -0.3 is 4.98 Å². The van der Waals surface area contributed by atoms with E-state index in [0.717, 1.165) is 28.6 Å². The smallest absolute Gasteiger partial charge is 0.256 e. The molecular formula is C20H25NO. The summed E-state index contributed by atoms with van der Waals surface area (Å²) in [6.07, 6.45) is 4.39. The molecule has 0 fully saturated rings. The van der Waals surface area contributed by atoms with Crippen LogP contribution in [-0.2, 0) is 6.42 Å². The molecule has 1 atom stereocenters. The van der Waals surface area contributed by atoms with Crippen LogP contribution in [0.15, 0.2) is 60.9 Å². The number of fused-ring (bicyclic) bond motifs is 1. The van der Waals surface area contributed by atoms with E-state index in [1.54, 1.807) is 6.08 Å². The summed E-state index contributed by atoms with van der Waals surface area (Å²) in [7, 11) is 0. The van der Waals surface area contributed by atoms with Crippen LogP contribution in [0.4, 0.5) is 0 Å². The molecule has 1 aromatic carbocycles. The van der Waals surface area contributed by atoms with E-state index in [0.29, 0.717) is 11.3 Å². The molecule has 1 aromatic heterocycles. The standard InChI is InChI=1S/C18H19NO.C2H6/c1-5-12(3)11-16-14-9-7-8-10-15(14)18(20)19-17(16)13(4)6-2;1-2/h5-10,12H,1-2,4,11H2,3H3,(H,19,20);1-2H3. The van der Waals surface area contributed by atoms with Gasteiger partial charge in [0, 0.05) is 5.39 Å². The second kappa shape index (κ2) is 8.18. The van der Waals surface area contributed by atoms with Gasteiger partial charge >= 0.3 is 0 Å². The van der Waals surface area contributed by atoms with Gasteiger partial charge in [0.2, 0.25) is 0 Å². The molecule has 0 bridgehead atoms. The Balaban J connectivity index is 0.00000116. The highest BCUT2D eigenvalue weighted by Crippen LogP contribution is 2.25. The molecule has 0 spiro atoms. The van der Waals surface area contributed by atoms with Gasteiger partial charge in [0.1, 0.15) is 0 Å². The molecule has 1 unspecified atom stereocenters. The first-order valence-corrected chi connectivity index (χ1v) is 7.66. The Bertz CT molecular complexity index is 737. The summed E-state index contributed by atoms with van der Waals surface area (Å²) in [5.74, 6) is 0.320. The maximum Gasteiger partial charge on any atom is 0.256 e. The number of H-pyrrole nitrogens is 1. The monoisotopic (exact) mass is 295 g/mol. The lowest BCUT2D eigenvalue weighted by molar-refractivity contribution is 0.725. The molecule has 22 heavy (non-hydrogen) atoms. The molecule has 2 nitrogen and oxygen atoms in total. The summed E-state index contributed by atoms with van der Waals surface area (Å²) in [4.78, 5) is 15.1. The van der Waals surface area contributed by atoms with Crippen LogP contribution in [0.1, 0.15) is 32.0 Å². The molecule has 0 aliphatic heterocycles. The van der Waals surface area contributed by atoms with Gasteiger partial charge in [0.15, 0.2) is 0 Å². The normalized spacial score (nSPS) is 11.2. The lowest BCUT2D eigenvalue weighted by Gasteiger charge is -2.15. The van der Waals surface area contributed by atoms with Gasteiger partial charge in [-0.25, -0.2) is 0 Å². The van der Waals surface area contributed by atoms with E-state index in [9.17, 15) is 4.79 Å². The number of allylic oxidation sites excluding steroid dienone is 3. The first-order chi connectivity index (χ1) is 10.6. The van der Waals surface area contributed by atoms with Crippen molar-refractivity contribution in [3.63, 3.8) is 0 Å². The minimum absolute atomic E-state index is 0.0893. The fraction of sp³-hybridized carbons (Fsp3) is 0.250. The lowest BCUT2D eigenvalue weighted by atomic mass is 9.93. The fourth-order valence-corrected chi connectivity index (χ4v) is 2.33. The fourth-order valence-electron chi connectivity index (χ4n) is 2.33. The molecule has 1 heterocycles. The highest BCUT2D eigenvalue weighted by molar-refractivity contribution is 5.89. The number of hydrogen-bond acceptors (Lipinski definition) is 1. The minimum Gasteiger partial charge on any atom is -0.321 e. The van der Waals surface area contributed by atoms with Crippen molar-refractivity contribution in [2.45, 2.75) is 27.2 Å². The summed E-state index contributed by atoms with van der Waals surface area (Å²) < 4.78 is 0. The van der Waals surface area contributed by atoms with E-state index < -0.39 is 0 Å². The van der Waals surface area contributed by atoms with E-state index in [1.165, 1.54) is 0 Å². The van der Waals surface area contributed by atoms with Crippen molar-refractivity contribution >= 4 is 16.3 Å². The molecule has 2 rings (SSSR count). The number of nitrogens with one attached hydrogen (secondary N) is 1. The van der Waals surface area contributed by atoms with Crippen molar-refractivity contribution in [2.75, 3.05) is 0 Å². The first-order valence-electron chi connectivity index (χ1n) is 7.66. The van der Waals surface area contributed by atoms with Gasteiger partial charge in [-0.1, -0.05) is 64.3 Å². The van der Waals surface area contributed by atoms with Crippen molar-refractivity contribution in [1.29, 1.82) is 0 Å². The predicted molar refractivity (Wildman–Crippen MR) is 98.2 cm³/mol. The average Bonchev–Trinajstić information content (AvgIpc) is 2.58. The molecular weight excluding hydrogens is 270 g/mol. The van der Waals surface area contributed by atoms with Gasteiger partial charge in [-0.2, -0.15) is 0 Å². The Morgan fingerprint density at radius 2 is 1.82 bits per heavy atom. The number of pyridine rings is 1. The third-order valence-electron chi connectivity index (χ3n) is 3.53. The third-order valence-corrected chi connectivity index (χ3v) is 3.53. The van der Waals surface area contributed by atoms with Gasteiger partial charge in [-0.05, 0) is 34.9 Å². The Morgan fingerprint density at radius 1 is 1.23 bits per heavy atom. The minimum atomic E-state index is -0.0893. The number of benzene rings is 1. The number of hydrogen-bond donors (Lipinski definition) is 1. The van der Waals surface area contributed by atoms with Crippen molar-refractivity contribution in [3.05, 3.63) is 77.8 Å². The Labute approximate surface area is 132 Å². The maximum absolute atomic E-state index is 12.2. The first kappa shape index (κ1) is 17.7. The van der Waals surface area contributed by atoms with Crippen LogP contribution >= 0.6 is 0 Å². The highest BCUT2D eigenvalue weighted by atomic mass is 16.1. The van der Waals surface area contributed by atoms with E-state index in [4.69, 9.17) is 0 Å². The molecule has 2 aromatic rings. The number of aromatic amines is 1. The zero-order valence-corrected chi connectivity index (χ0v) is 13.8. The van der Waals surface area contributed by atoms with E-state index in [1.807, 2.05) is 44.2 Å². The van der Waals surface area contributed by atoms with Crippen molar-refractivity contribution in [2.24, 2.45) is 5.92 Å². The largest absolute Gasteiger partial charge is 0.321 e. The Morgan fingerprint density at radius 3 is 2.36 bits per heavy atom. The van der Waals surface area contributed by atoms with Gasteiger partial charge in [0.25, 0.3) is 5.56 Å². The molecule has 0 aliphatic rings. The van der Waals surface area contributed by atoms with Crippen LogP contribution in [0.3, 0.4) is 0 Å². The van der Waals surface area contributed by atoms with E-state index in [2.05, 4.69) is 31.6 Å². The highest BCUT2D eigenvalue weighted by Gasteiger charge is 2.13. The van der Waals surface area contributed by atoms with E-state index >= 15 is 0 Å². The van der Waals surface area contributed by atoms with Crippen molar-refractivity contribution < 1.29 is 0 Å².